The van der Waals surface area contributed by atoms with Crippen LogP contribution in [-0.4, -0.2) is 4.57 Å². The average Bonchev–Trinajstić information content (AvgIpc) is 1.08. The highest BCUT2D eigenvalue weighted by molar-refractivity contribution is 6.14. The maximum Gasteiger partial charge on any atom is 0.139 e. The first-order valence-corrected chi connectivity index (χ1v) is 48.0. The normalized spacial score (nSPS) is 15.5. The van der Waals surface area contributed by atoms with Crippen molar-refractivity contribution in [3.05, 3.63) is 427 Å². The molecule has 27 rings (SSSR count). The number of rotatable bonds is 8. The molecule has 0 saturated heterocycles. The molecule has 4 aliphatic rings. The third kappa shape index (κ3) is 12.0. The van der Waals surface area contributed by atoms with E-state index < -0.39 is 0 Å². The van der Waals surface area contributed by atoms with Crippen LogP contribution in [0.25, 0.3) is 171 Å². The molecule has 0 atom stereocenters. The van der Waals surface area contributed by atoms with Crippen LogP contribution in [0.1, 0.15) is 141 Å². The lowest BCUT2D eigenvalue weighted by atomic mass is 9.55. The molecule has 18 aromatic carbocycles. The lowest BCUT2D eigenvalue weighted by Gasteiger charge is -2.49. The zero-order valence-electron chi connectivity index (χ0n) is 79.3. The molecule has 0 radical (unpaired) electrons. The summed E-state index contributed by atoms with van der Waals surface area (Å²) in [6.07, 6.45) is 0. The second-order valence-corrected chi connectivity index (χ2v) is 41.8. The Morgan fingerprint density at radius 1 is 0.199 bits per heavy atom. The van der Waals surface area contributed by atoms with Gasteiger partial charge < -0.3 is 32.0 Å². The molecule has 136 heavy (non-hydrogen) atoms. The summed E-state index contributed by atoms with van der Waals surface area (Å²) >= 11 is 0. The molecule has 0 amide bonds. The van der Waals surface area contributed by atoms with Crippen LogP contribution in [-0.2, 0) is 37.9 Å². The van der Waals surface area contributed by atoms with Crippen molar-refractivity contribution in [2.75, 3.05) is 9.80 Å². The molecule has 0 N–H and O–H groups in total. The maximum atomic E-state index is 6.64. The number of hydrogen-bond acceptors (Lipinski definition) is 6. The number of hydrogen-bond donors (Lipinski definition) is 0. The van der Waals surface area contributed by atoms with Gasteiger partial charge in [-0.05, 0) is 268 Å². The number of fused-ring (bicyclic) bond motifs is 29. The summed E-state index contributed by atoms with van der Waals surface area (Å²) in [5.74, 6) is 0. The zero-order valence-corrected chi connectivity index (χ0v) is 79.3. The van der Waals surface area contributed by atoms with Gasteiger partial charge in [0, 0.05) is 122 Å². The van der Waals surface area contributed by atoms with Crippen molar-refractivity contribution in [3.63, 3.8) is 0 Å². The van der Waals surface area contributed by atoms with Crippen molar-refractivity contribution in [2.24, 2.45) is 0 Å². The average molecular weight is 1760 g/mol. The van der Waals surface area contributed by atoms with Crippen LogP contribution < -0.4 is 9.80 Å². The van der Waals surface area contributed by atoms with Crippen LogP contribution in [0.2, 0.25) is 0 Å². The van der Waals surface area contributed by atoms with Crippen molar-refractivity contribution in [2.45, 2.75) is 135 Å². The van der Waals surface area contributed by atoms with Crippen LogP contribution in [0, 0.1) is 0 Å². The van der Waals surface area contributed by atoms with Gasteiger partial charge in [-0.2, -0.15) is 0 Å². The predicted molar refractivity (Wildman–Crippen MR) is 570 cm³/mol. The largest absolute Gasteiger partial charge is 0.456 e. The standard InChI is InChI=1S/C45H39NO.C42H33NO2.C42H33NO/c1-43(2)37-18-12-10-16-31(37)32-22-20-29(26-38(32)43)46(28-14-8-7-9-15-28)30-21-23-33-35-24-25-36-34-17-11-13-19-40(34)47-42(36)41(35)45(5,6)44(3,4)39(33)27-30;1-41(2)34-24-27(18-20-29(34)32-22-23-37-39(40(32)42(41,3)4)33-15-9-11-17-36(33)44-37)43(26-12-6-5-7-13-26)28-19-21-31-30-14-8-10-16-35(30)45-38(31)25-28;1-41(2)35-23-27(26-17-20-28(21-18-26)43-37-14-8-5-11-30(37)31-12-6-9-15-38(31)43)19-22-29(35)33-24-34-32-13-7-10-16-39(32)44-40(34)25-36(33)42(41,3)4/h7-27H,1-6H3;5-25H,1-4H3;5-25H,1-4H3. The van der Waals surface area contributed by atoms with Gasteiger partial charge in [-0.1, -0.05) is 321 Å². The van der Waals surface area contributed by atoms with Gasteiger partial charge in [-0.15, -0.1) is 0 Å². The Bertz CT molecular complexity index is 8840. The van der Waals surface area contributed by atoms with Crippen LogP contribution in [0.3, 0.4) is 0 Å². The van der Waals surface area contributed by atoms with E-state index in [0.29, 0.717) is 0 Å². The molecule has 660 valence electrons. The first-order chi connectivity index (χ1) is 65.7. The number of furan rings is 4. The Kier molecular flexibility index (Phi) is 18.1. The topological polar surface area (TPSA) is 64.0 Å². The molecule has 7 heteroatoms. The molecule has 23 aromatic rings. The molecule has 5 heterocycles. The number of aromatic nitrogens is 1. The van der Waals surface area contributed by atoms with E-state index in [1.165, 1.54) is 171 Å². The van der Waals surface area contributed by atoms with Gasteiger partial charge in [0.25, 0.3) is 0 Å². The summed E-state index contributed by atoms with van der Waals surface area (Å²) in [6, 6.07) is 139. The zero-order chi connectivity index (χ0) is 92.6. The molecule has 0 unspecified atom stereocenters. The van der Waals surface area contributed by atoms with E-state index in [1.54, 1.807) is 0 Å². The van der Waals surface area contributed by atoms with Crippen molar-refractivity contribution in [3.8, 4) is 61.3 Å². The highest BCUT2D eigenvalue weighted by atomic mass is 16.3. The van der Waals surface area contributed by atoms with Gasteiger partial charge in [0.05, 0.1) is 11.0 Å². The van der Waals surface area contributed by atoms with E-state index in [9.17, 15) is 0 Å². The highest BCUT2D eigenvalue weighted by Crippen LogP contribution is 2.62. The summed E-state index contributed by atoms with van der Waals surface area (Å²) in [5, 5.41) is 12.0. The second-order valence-electron chi connectivity index (χ2n) is 41.8. The van der Waals surface area contributed by atoms with Crippen LogP contribution in [0.5, 0.6) is 0 Å². The fraction of sp³-hybridized carbons (Fsp3) is 0.163. The number of benzene rings is 18. The van der Waals surface area contributed by atoms with Crippen LogP contribution >= 0.6 is 0 Å². The molecule has 4 aliphatic carbocycles. The van der Waals surface area contributed by atoms with Crippen molar-refractivity contribution >= 4 is 144 Å². The van der Waals surface area contributed by atoms with Crippen LogP contribution in [0.4, 0.5) is 34.1 Å². The molecule has 5 aromatic heterocycles. The van der Waals surface area contributed by atoms with Crippen molar-refractivity contribution < 1.29 is 17.7 Å². The van der Waals surface area contributed by atoms with E-state index in [2.05, 4.69) is 469 Å². The molecule has 0 aliphatic heterocycles. The van der Waals surface area contributed by atoms with E-state index in [0.717, 1.165) is 78.2 Å². The molecular formula is C129H105N3O4. The van der Waals surface area contributed by atoms with Gasteiger partial charge in [-0.3, -0.25) is 0 Å². The van der Waals surface area contributed by atoms with Gasteiger partial charge in [0.1, 0.15) is 44.7 Å². The van der Waals surface area contributed by atoms with Gasteiger partial charge >= 0.3 is 0 Å². The van der Waals surface area contributed by atoms with E-state index in [1.807, 2.05) is 24.3 Å². The Hall–Kier alpha value is -15.4. The lowest BCUT2D eigenvalue weighted by molar-refractivity contribution is 0.299. The summed E-state index contributed by atoms with van der Waals surface area (Å²) < 4.78 is 28.0. The predicted octanol–water partition coefficient (Wildman–Crippen LogP) is 36.4. The first-order valence-electron chi connectivity index (χ1n) is 48.0. The van der Waals surface area contributed by atoms with E-state index in [4.69, 9.17) is 17.7 Å². The molecule has 0 fully saturated rings. The smallest absolute Gasteiger partial charge is 0.139 e. The third-order valence-electron chi connectivity index (χ3n) is 33.2. The quantitative estimate of drug-likeness (QED) is 0.151. The number of nitrogens with zero attached hydrogens (tertiary/aromatic N) is 3. The molecule has 0 bridgehead atoms. The van der Waals surface area contributed by atoms with Crippen LogP contribution in [0.15, 0.2) is 400 Å². The van der Waals surface area contributed by atoms with Crippen molar-refractivity contribution in [1.29, 1.82) is 0 Å². The molecule has 0 spiro atoms. The molecule has 7 nitrogen and oxygen atoms in total. The fourth-order valence-corrected chi connectivity index (χ4v) is 23.9. The minimum Gasteiger partial charge on any atom is -0.456 e. The lowest BCUT2D eigenvalue weighted by Crippen LogP contribution is -2.43. The molecule has 0 saturated carbocycles. The monoisotopic (exact) mass is 1760 g/mol. The Morgan fingerprint density at radius 3 is 1.15 bits per heavy atom. The second kappa shape index (κ2) is 29.8. The first kappa shape index (κ1) is 82.5. The van der Waals surface area contributed by atoms with Crippen molar-refractivity contribution in [1.82, 2.24) is 4.57 Å². The SMILES string of the molecule is CC1(C)c2cc(-c3ccc(-n4c5ccccc5c5ccccc54)cc3)ccc2-c2cc3c(cc2C1(C)C)oc1ccccc13.CC1(C)c2cc(N(c3ccccc3)c3ccc4c(c3)oc3ccccc34)ccc2-c2ccc3oc4ccccc4c3c2C1(C)C.CC1(C)c2ccccc2-c2ccc(N(c3ccccc3)c3ccc4c(c3)C(C)(C)C(C)(C)c3c-4ccc4c3oc3ccccc34)cc21. The number of anilines is 6. The minimum absolute atomic E-state index is 0.0716. The maximum absolute atomic E-state index is 6.64. The van der Waals surface area contributed by atoms with Gasteiger partial charge in [0.15, 0.2) is 0 Å². The summed E-state index contributed by atoms with van der Waals surface area (Å²) in [5.41, 5.74) is 40.8. The molecular weight excluding hydrogens is 1660 g/mol. The Labute approximate surface area is 793 Å². The third-order valence-corrected chi connectivity index (χ3v) is 33.2. The summed E-state index contributed by atoms with van der Waals surface area (Å²) in [4.78, 5) is 4.78. The highest BCUT2D eigenvalue weighted by Gasteiger charge is 2.51. The van der Waals surface area contributed by atoms with E-state index in [-0.39, 0.29) is 37.9 Å². The number of para-hydroxylation sites is 8. The van der Waals surface area contributed by atoms with E-state index >= 15 is 0 Å². The minimum atomic E-state index is -0.192. The Morgan fingerprint density at radius 2 is 0.566 bits per heavy atom. The van der Waals surface area contributed by atoms with Gasteiger partial charge in [-0.25, -0.2) is 0 Å². The fourth-order valence-electron chi connectivity index (χ4n) is 23.9. The summed E-state index contributed by atoms with van der Waals surface area (Å²) in [6.45, 7) is 33.5. The summed E-state index contributed by atoms with van der Waals surface area (Å²) in [7, 11) is 0. The van der Waals surface area contributed by atoms with Gasteiger partial charge in [0.2, 0.25) is 0 Å². The Balaban J connectivity index is 0.000000109.